The fraction of sp³-hybridized carbons (Fsp3) is 1.00. The summed E-state index contributed by atoms with van der Waals surface area (Å²) in [5, 5.41) is 0.753. The van der Waals surface area contributed by atoms with E-state index in [4.69, 9.17) is 4.74 Å². The van der Waals surface area contributed by atoms with Crippen molar-refractivity contribution in [3.8, 4) is 0 Å². The quantitative estimate of drug-likeness (QED) is 0.636. The van der Waals surface area contributed by atoms with Gasteiger partial charge in [-0.05, 0) is 6.42 Å². The van der Waals surface area contributed by atoms with Crippen molar-refractivity contribution in [2.75, 3.05) is 18.5 Å². The Labute approximate surface area is 69.1 Å². The van der Waals surface area contributed by atoms with Gasteiger partial charge in [0.1, 0.15) is 5.67 Å². The van der Waals surface area contributed by atoms with E-state index < -0.39 is 5.67 Å². The van der Waals surface area contributed by atoms with Crippen molar-refractivity contribution in [3.05, 3.63) is 0 Å². The molecule has 0 radical (unpaired) electrons. The van der Waals surface area contributed by atoms with Gasteiger partial charge in [-0.1, -0.05) is 15.9 Å². The van der Waals surface area contributed by atoms with Crippen molar-refractivity contribution in [2.24, 2.45) is 0 Å². The van der Waals surface area contributed by atoms with Crippen LogP contribution in [0.2, 0.25) is 0 Å². The van der Waals surface area contributed by atoms with Crippen LogP contribution < -0.4 is 0 Å². The molecular formula is C7H12BrFO. The van der Waals surface area contributed by atoms with Crippen LogP contribution in [0.25, 0.3) is 0 Å². The highest BCUT2D eigenvalue weighted by Gasteiger charge is 2.30. The fourth-order valence-corrected chi connectivity index (χ4v) is 1.87. The Bertz CT molecular complexity index is 96.3. The minimum Gasteiger partial charge on any atom is -0.381 e. The van der Waals surface area contributed by atoms with E-state index in [9.17, 15) is 4.39 Å². The molecule has 1 saturated heterocycles. The van der Waals surface area contributed by atoms with E-state index in [2.05, 4.69) is 15.9 Å². The zero-order chi connectivity index (χ0) is 7.45. The van der Waals surface area contributed by atoms with Crippen molar-refractivity contribution < 1.29 is 9.13 Å². The molecule has 10 heavy (non-hydrogen) atoms. The molecule has 3 heteroatoms. The van der Waals surface area contributed by atoms with Crippen LogP contribution in [0.5, 0.6) is 0 Å². The van der Waals surface area contributed by atoms with Gasteiger partial charge in [-0.25, -0.2) is 4.39 Å². The standard InChI is InChI=1S/C7H12BrFO/c8-4-1-7(9)2-5-10-6-3-7/h1-6H2. The Hall–Kier alpha value is 0.370. The lowest BCUT2D eigenvalue weighted by Gasteiger charge is -2.28. The Balaban J connectivity index is 2.32. The number of halogens is 2. The minimum absolute atomic E-state index is 0.568. The molecule has 0 unspecified atom stereocenters. The lowest BCUT2D eigenvalue weighted by molar-refractivity contribution is -0.00960. The molecule has 1 rings (SSSR count). The third kappa shape index (κ3) is 2.20. The highest BCUT2D eigenvalue weighted by atomic mass is 79.9. The lowest BCUT2D eigenvalue weighted by atomic mass is 9.94. The van der Waals surface area contributed by atoms with Crippen molar-refractivity contribution in [1.29, 1.82) is 0 Å². The van der Waals surface area contributed by atoms with Crippen molar-refractivity contribution in [2.45, 2.75) is 24.9 Å². The SMILES string of the molecule is FC1(CCBr)CCOCC1. The topological polar surface area (TPSA) is 9.23 Å². The first kappa shape index (κ1) is 8.47. The van der Waals surface area contributed by atoms with Gasteiger partial charge in [0, 0.05) is 31.4 Å². The molecule has 1 aliphatic heterocycles. The predicted octanol–water partition coefficient (Wildman–Crippen LogP) is 2.29. The normalized spacial score (nSPS) is 24.6. The first-order valence-electron chi connectivity index (χ1n) is 3.59. The Kier molecular flexibility index (Phi) is 3.11. The number of hydrogen-bond donors (Lipinski definition) is 0. The Morgan fingerprint density at radius 1 is 1.40 bits per heavy atom. The fourth-order valence-electron chi connectivity index (χ4n) is 1.16. The van der Waals surface area contributed by atoms with E-state index >= 15 is 0 Å². The summed E-state index contributed by atoms with van der Waals surface area (Å²) in [5.41, 5.74) is -0.943. The maximum atomic E-state index is 13.5. The van der Waals surface area contributed by atoms with Crippen molar-refractivity contribution in [1.82, 2.24) is 0 Å². The molecule has 0 saturated carbocycles. The maximum absolute atomic E-state index is 13.5. The Morgan fingerprint density at radius 2 is 2.00 bits per heavy atom. The lowest BCUT2D eigenvalue weighted by Crippen LogP contribution is -2.31. The summed E-state index contributed by atoms with van der Waals surface area (Å²) in [4.78, 5) is 0. The van der Waals surface area contributed by atoms with Gasteiger partial charge in [-0.2, -0.15) is 0 Å². The molecule has 0 aromatic rings. The summed E-state index contributed by atoms with van der Waals surface area (Å²) in [6.07, 6.45) is 1.76. The molecular weight excluding hydrogens is 199 g/mol. The van der Waals surface area contributed by atoms with Gasteiger partial charge < -0.3 is 4.74 Å². The zero-order valence-corrected chi connectivity index (χ0v) is 7.49. The molecule has 0 aromatic carbocycles. The average Bonchev–Trinajstić information content (AvgIpc) is 1.89. The molecule has 0 atom stereocenters. The maximum Gasteiger partial charge on any atom is 0.116 e. The average molecular weight is 211 g/mol. The van der Waals surface area contributed by atoms with Crippen LogP contribution in [-0.4, -0.2) is 24.2 Å². The molecule has 1 heterocycles. The third-order valence-corrected chi connectivity index (χ3v) is 2.33. The summed E-state index contributed by atoms with van der Waals surface area (Å²) < 4.78 is 18.5. The van der Waals surface area contributed by atoms with Gasteiger partial charge in [0.05, 0.1) is 0 Å². The van der Waals surface area contributed by atoms with Crippen LogP contribution in [-0.2, 0) is 4.74 Å². The second kappa shape index (κ2) is 3.67. The molecule has 0 spiro atoms. The van der Waals surface area contributed by atoms with Gasteiger partial charge in [0.25, 0.3) is 0 Å². The second-order valence-electron chi connectivity index (χ2n) is 2.70. The highest BCUT2D eigenvalue weighted by molar-refractivity contribution is 9.09. The molecule has 0 aromatic heterocycles. The molecule has 0 bridgehead atoms. The van der Waals surface area contributed by atoms with Crippen LogP contribution in [0.4, 0.5) is 4.39 Å². The number of alkyl halides is 2. The van der Waals surface area contributed by atoms with E-state index in [1.165, 1.54) is 0 Å². The van der Waals surface area contributed by atoms with Crippen molar-refractivity contribution in [3.63, 3.8) is 0 Å². The first-order valence-corrected chi connectivity index (χ1v) is 4.72. The van der Waals surface area contributed by atoms with Crippen LogP contribution in [0, 0.1) is 0 Å². The molecule has 0 aliphatic carbocycles. The number of rotatable bonds is 2. The molecule has 0 amide bonds. The molecule has 1 aliphatic rings. The van der Waals surface area contributed by atoms with Gasteiger partial charge in [-0.3, -0.25) is 0 Å². The van der Waals surface area contributed by atoms with Gasteiger partial charge in [0.15, 0.2) is 0 Å². The van der Waals surface area contributed by atoms with Crippen LogP contribution >= 0.6 is 15.9 Å². The summed E-state index contributed by atoms with van der Waals surface area (Å²) >= 11 is 3.24. The van der Waals surface area contributed by atoms with E-state index in [1.807, 2.05) is 0 Å². The molecule has 1 fully saturated rings. The van der Waals surface area contributed by atoms with Gasteiger partial charge in [-0.15, -0.1) is 0 Å². The monoisotopic (exact) mass is 210 g/mol. The van der Waals surface area contributed by atoms with Crippen LogP contribution in [0.3, 0.4) is 0 Å². The summed E-state index contributed by atoms with van der Waals surface area (Å²) in [6.45, 7) is 1.17. The van der Waals surface area contributed by atoms with E-state index in [0.717, 1.165) is 5.33 Å². The molecule has 60 valence electrons. The van der Waals surface area contributed by atoms with Gasteiger partial charge in [0.2, 0.25) is 0 Å². The van der Waals surface area contributed by atoms with E-state index in [-0.39, 0.29) is 0 Å². The first-order chi connectivity index (χ1) is 4.77. The Morgan fingerprint density at radius 3 is 2.50 bits per heavy atom. The van der Waals surface area contributed by atoms with Crippen molar-refractivity contribution >= 4 is 15.9 Å². The van der Waals surface area contributed by atoms with E-state index in [1.54, 1.807) is 0 Å². The van der Waals surface area contributed by atoms with Gasteiger partial charge >= 0.3 is 0 Å². The minimum atomic E-state index is -0.943. The van der Waals surface area contributed by atoms with E-state index in [0.29, 0.717) is 32.5 Å². The predicted molar refractivity (Wildman–Crippen MR) is 42.3 cm³/mol. The molecule has 1 nitrogen and oxygen atoms in total. The number of ether oxygens (including phenoxy) is 1. The van der Waals surface area contributed by atoms with Crippen LogP contribution in [0.15, 0.2) is 0 Å². The number of hydrogen-bond acceptors (Lipinski definition) is 1. The smallest absolute Gasteiger partial charge is 0.116 e. The summed E-state index contributed by atoms with van der Waals surface area (Å²) in [5.74, 6) is 0. The summed E-state index contributed by atoms with van der Waals surface area (Å²) in [7, 11) is 0. The van der Waals surface area contributed by atoms with Crippen LogP contribution in [0.1, 0.15) is 19.3 Å². The highest BCUT2D eigenvalue weighted by Crippen LogP contribution is 2.29. The largest absolute Gasteiger partial charge is 0.381 e. The summed E-state index contributed by atoms with van der Waals surface area (Å²) in [6, 6.07) is 0. The zero-order valence-electron chi connectivity index (χ0n) is 5.91. The second-order valence-corrected chi connectivity index (χ2v) is 3.50. The molecule has 0 N–H and O–H groups in total. The third-order valence-electron chi connectivity index (χ3n) is 1.93.